The largest absolute Gasteiger partial charge is 0.368 e. The normalized spacial score (nSPS) is 27.5. The van der Waals surface area contributed by atoms with Crippen molar-refractivity contribution in [1.29, 1.82) is 0 Å². The summed E-state index contributed by atoms with van der Waals surface area (Å²) in [4.78, 5) is 13.5. The van der Waals surface area contributed by atoms with Crippen LogP contribution in [0.15, 0.2) is 23.1 Å². The van der Waals surface area contributed by atoms with E-state index in [-0.39, 0.29) is 17.8 Å². The van der Waals surface area contributed by atoms with Crippen LogP contribution < -0.4 is 10.9 Å². The van der Waals surface area contributed by atoms with Crippen LogP contribution in [0.1, 0.15) is 18.6 Å². The minimum Gasteiger partial charge on any atom is -0.368 e. The zero-order chi connectivity index (χ0) is 9.97. The summed E-state index contributed by atoms with van der Waals surface area (Å²) in [6.45, 7) is 3.72. The third kappa shape index (κ3) is 2.02. The molecular formula is C10H14N2O2. The van der Waals surface area contributed by atoms with Crippen LogP contribution in [0.3, 0.4) is 0 Å². The van der Waals surface area contributed by atoms with Gasteiger partial charge >= 0.3 is 0 Å². The molecule has 0 bridgehead atoms. The van der Waals surface area contributed by atoms with Gasteiger partial charge in [-0.25, -0.2) is 0 Å². The summed E-state index contributed by atoms with van der Waals surface area (Å²) < 4.78 is 5.73. The molecule has 2 N–H and O–H groups in total. The van der Waals surface area contributed by atoms with Gasteiger partial charge in [-0.15, -0.1) is 0 Å². The van der Waals surface area contributed by atoms with Crippen LogP contribution in [0.5, 0.6) is 0 Å². The first-order chi connectivity index (χ1) is 6.75. The van der Waals surface area contributed by atoms with E-state index in [9.17, 15) is 4.79 Å². The molecule has 2 rings (SSSR count). The van der Waals surface area contributed by atoms with E-state index in [1.54, 1.807) is 6.20 Å². The first-order valence-electron chi connectivity index (χ1n) is 4.80. The molecule has 1 saturated heterocycles. The van der Waals surface area contributed by atoms with Crippen LogP contribution in [-0.2, 0) is 4.74 Å². The SMILES string of the molecule is C[C@@H]1CNC[C@H](c2ccc(=O)[nH]c2)O1. The van der Waals surface area contributed by atoms with Gasteiger partial charge in [-0.05, 0) is 18.6 Å². The van der Waals surface area contributed by atoms with E-state index in [1.807, 2.05) is 13.0 Å². The summed E-state index contributed by atoms with van der Waals surface area (Å²) in [5, 5.41) is 3.28. The lowest BCUT2D eigenvalue weighted by Crippen LogP contribution is -2.39. The van der Waals surface area contributed by atoms with Gasteiger partial charge < -0.3 is 15.0 Å². The quantitative estimate of drug-likeness (QED) is 0.681. The molecule has 0 amide bonds. The van der Waals surface area contributed by atoms with Gasteiger partial charge in [0.15, 0.2) is 0 Å². The first-order valence-corrected chi connectivity index (χ1v) is 4.80. The first kappa shape index (κ1) is 9.43. The molecule has 0 unspecified atom stereocenters. The lowest BCUT2D eigenvalue weighted by Gasteiger charge is -2.28. The lowest BCUT2D eigenvalue weighted by atomic mass is 10.1. The average molecular weight is 194 g/mol. The van der Waals surface area contributed by atoms with E-state index in [1.165, 1.54) is 6.07 Å². The molecule has 0 aliphatic carbocycles. The van der Waals surface area contributed by atoms with Gasteiger partial charge in [-0.3, -0.25) is 4.79 Å². The molecule has 1 aromatic heterocycles. The number of aromatic nitrogens is 1. The Hall–Kier alpha value is -1.13. The molecular weight excluding hydrogens is 180 g/mol. The maximum Gasteiger partial charge on any atom is 0.247 e. The molecule has 4 heteroatoms. The summed E-state index contributed by atoms with van der Waals surface area (Å²) >= 11 is 0. The van der Waals surface area contributed by atoms with Crippen molar-refractivity contribution in [3.8, 4) is 0 Å². The van der Waals surface area contributed by atoms with Crippen molar-refractivity contribution in [3.63, 3.8) is 0 Å². The summed E-state index contributed by atoms with van der Waals surface area (Å²) in [5.74, 6) is 0. The highest BCUT2D eigenvalue weighted by molar-refractivity contribution is 5.13. The van der Waals surface area contributed by atoms with Crippen molar-refractivity contribution in [1.82, 2.24) is 10.3 Å². The number of rotatable bonds is 1. The summed E-state index contributed by atoms with van der Waals surface area (Å²) in [6.07, 6.45) is 1.99. The summed E-state index contributed by atoms with van der Waals surface area (Å²) in [7, 11) is 0. The topological polar surface area (TPSA) is 54.1 Å². The molecule has 0 saturated carbocycles. The van der Waals surface area contributed by atoms with Crippen LogP contribution >= 0.6 is 0 Å². The predicted molar refractivity (Wildman–Crippen MR) is 53.2 cm³/mol. The predicted octanol–water partition coefficient (Wildman–Crippen LogP) is 0.424. The third-order valence-electron chi connectivity index (χ3n) is 2.34. The Morgan fingerprint density at radius 2 is 2.29 bits per heavy atom. The van der Waals surface area contributed by atoms with Crippen LogP contribution in [0.2, 0.25) is 0 Å². The smallest absolute Gasteiger partial charge is 0.247 e. The Bertz CT molecular complexity index is 341. The van der Waals surface area contributed by atoms with Gasteiger partial charge in [0.05, 0.1) is 12.2 Å². The van der Waals surface area contributed by atoms with Crippen LogP contribution in [0, 0.1) is 0 Å². The number of morpholine rings is 1. The molecule has 2 atom stereocenters. The van der Waals surface area contributed by atoms with Gasteiger partial charge in [0.1, 0.15) is 0 Å². The number of ether oxygens (including phenoxy) is 1. The average Bonchev–Trinajstić information content (AvgIpc) is 2.19. The van der Waals surface area contributed by atoms with Crippen LogP contribution in [-0.4, -0.2) is 24.2 Å². The van der Waals surface area contributed by atoms with Crippen molar-refractivity contribution in [3.05, 3.63) is 34.2 Å². The number of hydrogen-bond donors (Lipinski definition) is 2. The van der Waals surface area contributed by atoms with E-state index in [4.69, 9.17) is 4.74 Å². The van der Waals surface area contributed by atoms with Crippen molar-refractivity contribution in [2.45, 2.75) is 19.1 Å². The maximum atomic E-state index is 10.9. The fourth-order valence-electron chi connectivity index (χ4n) is 1.61. The second-order valence-corrected chi connectivity index (χ2v) is 3.58. The molecule has 1 fully saturated rings. The molecule has 0 radical (unpaired) electrons. The van der Waals surface area contributed by atoms with Gasteiger partial charge in [-0.1, -0.05) is 0 Å². The zero-order valence-corrected chi connectivity index (χ0v) is 8.12. The minimum absolute atomic E-state index is 0.0515. The van der Waals surface area contributed by atoms with Gasteiger partial charge in [0.2, 0.25) is 5.56 Å². The maximum absolute atomic E-state index is 10.9. The van der Waals surface area contributed by atoms with E-state index in [0.717, 1.165) is 18.7 Å². The molecule has 1 aromatic rings. The van der Waals surface area contributed by atoms with Crippen molar-refractivity contribution in [2.75, 3.05) is 13.1 Å². The Labute approximate surface area is 82.3 Å². The highest BCUT2D eigenvalue weighted by Crippen LogP contribution is 2.19. The third-order valence-corrected chi connectivity index (χ3v) is 2.34. The van der Waals surface area contributed by atoms with Gasteiger partial charge in [0, 0.05) is 25.4 Å². The second kappa shape index (κ2) is 3.94. The van der Waals surface area contributed by atoms with E-state index >= 15 is 0 Å². The molecule has 76 valence electrons. The zero-order valence-electron chi connectivity index (χ0n) is 8.12. The van der Waals surface area contributed by atoms with E-state index < -0.39 is 0 Å². The molecule has 2 heterocycles. The van der Waals surface area contributed by atoms with Crippen molar-refractivity contribution in [2.24, 2.45) is 0 Å². The fraction of sp³-hybridized carbons (Fsp3) is 0.500. The van der Waals surface area contributed by atoms with E-state index in [0.29, 0.717) is 0 Å². The Morgan fingerprint density at radius 1 is 1.43 bits per heavy atom. The fourth-order valence-corrected chi connectivity index (χ4v) is 1.61. The van der Waals surface area contributed by atoms with Crippen LogP contribution in [0.25, 0.3) is 0 Å². The summed E-state index contributed by atoms with van der Waals surface area (Å²) in [6, 6.07) is 3.33. The second-order valence-electron chi connectivity index (χ2n) is 3.58. The Morgan fingerprint density at radius 3 is 2.93 bits per heavy atom. The molecule has 4 nitrogen and oxygen atoms in total. The molecule has 0 aromatic carbocycles. The molecule has 1 aliphatic heterocycles. The van der Waals surface area contributed by atoms with Crippen molar-refractivity contribution < 1.29 is 4.74 Å². The summed E-state index contributed by atoms with van der Waals surface area (Å²) in [5.41, 5.74) is 0.939. The monoisotopic (exact) mass is 194 g/mol. The highest BCUT2D eigenvalue weighted by Gasteiger charge is 2.19. The number of hydrogen-bond acceptors (Lipinski definition) is 3. The highest BCUT2D eigenvalue weighted by atomic mass is 16.5. The Kier molecular flexibility index (Phi) is 2.65. The van der Waals surface area contributed by atoms with E-state index in [2.05, 4.69) is 10.3 Å². The minimum atomic E-state index is -0.0782. The van der Waals surface area contributed by atoms with Gasteiger partial charge in [0.25, 0.3) is 0 Å². The molecule has 0 spiro atoms. The number of H-pyrrole nitrogens is 1. The standard InChI is InChI=1S/C10H14N2O2/c1-7-4-11-6-9(14-7)8-2-3-10(13)12-5-8/h2-3,5,7,9,11H,4,6H2,1H3,(H,12,13)/t7-,9-/m1/s1. The number of pyridine rings is 1. The Balaban J connectivity index is 2.14. The number of aromatic amines is 1. The van der Waals surface area contributed by atoms with Crippen molar-refractivity contribution >= 4 is 0 Å². The van der Waals surface area contributed by atoms with Gasteiger partial charge in [-0.2, -0.15) is 0 Å². The van der Waals surface area contributed by atoms with Crippen LogP contribution in [0.4, 0.5) is 0 Å². The molecule has 14 heavy (non-hydrogen) atoms. The number of nitrogens with one attached hydrogen (secondary N) is 2. The molecule has 1 aliphatic rings. The lowest BCUT2D eigenvalue weighted by molar-refractivity contribution is -0.0288.